The third-order valence-corrected chi connectivity index (χ3v) is 6.04. The number of carbonyl (C=O) groups excluding carboxylic acids is 1. The van der Waals surface area contributed by atoms with Gasteiger partial charge in [0.15, 0.2) is 0 Å². The number of benzene rings is 2. The number of nitrogens with one attached hydrogen (secondary N) is 2. The minimum Gasteiger partial charge on any atom is -0.321 e. The zero-order valence-corrected chi connectivity index (χ0v) is 16.1. The fourth-order valence-corrected chi connectivity index (χ4v) is 4.00. The lowest BCUT2D eigenvalue weighted by Crippen LogP contribution is -2.24. The van der Waals surface area contributed by atoms with E-state index in [1.165, 1.54) is 24.3 Å². The van der Waals surface area contributed by atoms with Crippen LogP contribution in [0, 0.1) is 5.82 Å². The monoisotopic (exact) mass is 436 g/mol. The fourth-order valence-electron chi connectivity index (χ4n) is 2.16. The molecule has 28 heavy (non-hydrogen) atoms. The maximum absolute atomic E-state index is 14.1. The Balaban J connectivity index is 2.29. The lowest BCUT2D eigenvalue weighted by atomic mass is 10.2. The number of para-hydroxylation sites is 1. The van der Waals surface area contributed by atoms with E-state index < -0.39 is 39.2 Å². The molecule has 1 amide bonds. The quantitative estimate of drug-likeness (QED) is 0.508. The number of hydrogen-bond donors (Lipinski definition) is 2. The second-order valence-electron chi connectivity index (χ2n) is 5.50. The molecule has 5 nitrogen and oxygen atoms in total. The first-order chi connectivity index (χ1) is 13.0. The van der Waals surface area contributed by atoms with E-state index >= 15 is 0 Å². The van der Waals surface area contributed by atoms with Crippen molar-refractivity contribution in [2.24, 2.45) is 0 Å². The summed E-state index contributed by atoms with van der Waals surface area (Å²) in [5.41, 5.74) is -0.490. The van der Waals surface area contributed by atoms with Crippen LogP contribution in [0.25, 0.3) is 0 Å². The molecule has 11 heteroatoms. The molecule has 0 saturated carbocycles. The number of sulfonamides is 1. The van der Waals surface area contributed by atoms with Crippen LogP contribution in [-0.4, -0.2) is 32.8 Å². The maximum Gasteiger partial charge on any atom is 0.398 e. The molecule has 2 N–H and O–H groups in total. The third-order valence-electron chi connectivity index (χ3n) is 3.35. The molecule has 0 atom stereocenters. The highest BCUT2D eigenvalue weighted by Gasteiger charge is 2.28. The van der Waals surface area contributed by atoms with Gasteiger partial charge in [-0.05, 0) is 30.3 Å². The molecule has 0 spiro atoms. The number of alkyl halides is 3. The van der Waals surface area contributed by atoms with Crippen LogP contribution in [-0.2, 0) is 10.0 Å². The topological polar surface area (TPSA) is 75.3 Å². The van der Waals surface area contributed by atoms with Crippen LogP contribution in [0.2, 0.25) is 0 Å². The van der Waals surface area contributed by atoms with Crippen LogP contribution in [0.5, 0.6) is 0 Å². The van der Waals surface area contributed by atoms with Crippen LogP contribution >= 0.6 is 11.8 Å². The Morgan fingerprint density at radius 2 is 1.82 bits per heavy atom. The Labute approximate surface area is 163 Å². The van der Waals surface area contributed by atoms with Gasteiger partial charge in [0, 0.05) is 11.4 Å². The molecule has 0 unspecified atom stereocenters. The van der Waals surface area contributed by atoms with Crippen LogP contribution in [0.3, 0.4) is 0 Å². The van der Waals surface area contributed by atoms with E-state index in [1.807, 2.05) is 0 Å². The summed E-state index contributed by atoms with van der Waals surface area (Å²) < 4.78 is 77.7. The SMILES string of the molecule is CCNS(=O)(=O)c1ccc(F)c(C(=O)Nc2ccccc2SCC(F)(F)F)c1. The predicted molar refractivity (Wildman–Crippen MR) is 98.4 cm³/mol. The Bertz CT molecular complexity index is 963. The highest BCUT2D eigenvalue weighted by Crippen LogP contribution is 2.32. The van der Waals surface area contributed by atoms with Crippen LogP contribution in [0.15, 0.2) is 52.3 Å². The first kappa shape index (κ1) is 22.2. The molecular formula is C17H16F4N2O3S2. The van der Waals surface area contributed by atoms with Gasteiger partial charge in [-0.25, -0.2) is 17.5 Å². The van der Waals surface area contributed by atoms with Crippen LogP contribution in [0.1, 0.15) is 17.3 Å². The number of hydrogen-bond acceptors (Lipinski definition) is 4. The zero-order valence-electron chi connectivity index (χ0n) is 14.5. The second-order valence-corrected chi connectivity index (χ2v) is 8.28. The smallest absolute Gasteiger partial charge is 0.321 e. The summed E-state index contributed by atoms with van der Waals surface area (Å²) in [4.78, 5) is 12.3. The van der Waals surface area contributed by atoms with Crippen molar-refractivity contribution in [3.63, 3.8) is 0 Å². The number of anilines is 1. The summed E-state index contributed by atoms with van der Waals surface area (Å²) in [6.45, 7) is 1.66. The van der Waals surface area contributed by atoms with E-state index in [2.05, 4.69) is 10.0 Å². The van der Waals surface area contributed by atoms with Crippen molar-refractivity contribution in [3.05, 3.63) is 53.8 Å². The standard InChI is InChI=1S/C17H16F4N2O3S2/c1-2-22-28(25,26)11-7-8-13(18)12(9-11)16(24)23-14-5-3-4-6-15(14)27-10-17(19,20)21/h3-9,22H,2,10H2,1H3,(H,23,24). The minimum absolute atomic E-state index is 0.0566. The van der Waals surface area contributed by atoms with E-state index in [0.717, 1.165) is 18.2 Å². The molecule has 0 fully saturated rings. The highest BCUT2D eigenvalue weighted by molar-refractivity contribution is 7.99. The van der Waals surface area contributed by atoms with E-state index in [1.54, 1.807) is 6.92 Å². The third kappa shape index (κ3) is 5.94. The molecule has 0 aromatic heterocycles. The summed E-state index contributed by atoms with van der Waals surface area (Å²) in [5.74, 6) is -3.11. The number of carbonyl (C=O) groups is 1. The van der Waals surface area contributed by atoms with Crippen molar-refractivity contribution in [1.82, 2.24) is 4.72 Å². The van der Waals surface area contributed by atoms with Gasteiger partial charge in [-0.1, -0.05) is 19.1 Å². The summed E-state index contributed by atoms with van der Waals surface area (Å²) in [5, 5.41) is 2.33. The van der Waals surface area contributed by atoms with Crippen LogP contribution < -0.4 is 10.0 Å². The van der Waals surface area contributed by atoms with Gasteiger partial charge in [-0.15, -0.1) is 11.8 Å². The normalized spacial score (nSPS) is 12.0. The number of rotatable bonds is 7. The fraction of sp³-hybridized carbons (Fsp3) is 0.235. The average Bonchev–Trinajstić information content (AvgIpc) is 2.60. The van der Waals surface area contributed by atoms with Gasteiger partial charge in [0.05, 0.1) is 21.9 Å². The van der Waals surface area contributed by atoms with Crippen molar-refractivity contribution < 1.29 is 30.8 Å². The molecule has 2 rings (SSSR count). The first-order valence-corrected chi connectivity index (χ1v) is 10.4. The van der Waals surface area contributed by atoms with Crippen molar-refractivity contribution in [1.29, 1.82) is 0 Å². The first-order valence-electron chi connectivity index (χ1n) is 7.92. The number of thioether (sulfide) groups is 1. The Kier molecular flexibility index (Phi) is 7.07. The molecule has 152 valence electrons. The van der Waals surface area contributed by atoms with Gasteiger partial charge in [-0.2, -0.15) is 13.2 Å². The summed E-state index contributed by atoms with van der Waals surface area (Å²) in [6, 6.07) is 8.46. The Morgan fingerprint density at radius 1 is 1.14 bits per heavy atom. The van der Waals surface area contributed by atoms with E-state index in [-0.39, 0.29) is 22.0 Å². The van der Waals surface area contributed by atoms with Crippen molar-refractivity contribution in [2.75, 3.05) is 17.6 Å². The van der Waals surface area contributed by atoms with E-state index in [0.29, 0.717) is 11.8 Å². The zero-order chi connectivity index (χ0) is 20.9. The number of amides is 1. The second kappa shape index (κ2) is 8.93. The van der Waals surface area contributed by atoms with Crippen molar-refractivity contribution in [2.45, 2.75) is 22.9 Å². The highest BCUT2D eigenvalue weighted by atomic mass is 32.2. The van der Waals surface area contributed by atoms with Crippen LogP contribution in [0.4, 0.5) is 23.2 Å². The van der Waals surface area contributed by atoms with E-state index in [4.69, 9.17) is 0 Å². The van der Waals surface area contributed by atoms with Gasteiger partial charge < -0.3 is 5.32 Å². The molecule has 0 heterocycles. The molecule has 0 aliphatic rings. The summed E-state index contributed by atoms with van der Waals surface area (Å²) >= 11 is 0.470. The summed E-state index contributed by atoms with van der Waals surface area (Å²) in [7, 11) is -3.91. The molecule has 0 aliphatic heterocycles. The van der Waals surface area contributed by atoms with Gasteiger partial charge in [0.2, 0.25) is 10.0 Å². The lowest BCUT2D eigenvalue weighted by molar-refractivity contribution is -0.105. The minimum atomic E-state index is -4.40. The molecule has 0 aliphatic carbocycles. The molecule has 0 bridgehead atoms. The van der Waals surface area contributed by atoms with Gasteiger partial charge in [0.1, 0.15) is 5.82 Å². The Hall–Kier alpha value is -2.11. The van der Waals surface area contributed by atoms with E-state index in [9.17, 15) is 30.8 Å². The Morgan fingerprint density at radius 3 is 2.46 bits per heavy atom. The van der Waals surface area contributed by atoms with Crippen molar-refractivity contribution in [3.8, 4) is 0 Å². The molecule has 2 aromatic carbocycles. The largest absolute Gasteiger partial charge is 0.398 e. The van der Waals surface area contributed by atoms with Crippen molar-refractivity contribution >= 4 is 33.4 Å². The average molecular weight is 436 g/mol. The molecular weight excluding hydrogens is 420 g/mol. The van der Waals surface area contributed by atoms with Gasteiger partial charge >= 0.3 is 6.18 Å². The molecule has 2 aromatic rings. The van der Waals surface area contributed by atoms with Gasteiger partial charge in [0.25, 0.3) is 5.91 Å². The number of halogens is 4. The summed E-state index contributed by atoms with van der Waals surface area (Å²) in [6.07, 6.45) is -4.40. The molecule has 0 radical (unpaired) electrons. The maximum atomic E-state index is 14.1. The van der Waals surface area contributed by atoms with Gasteiger partial charge in [-0.3, -0.25) is 4.79 Å². The molecule has 0 saturated heterocycles. The predicted octanol–water partition coefficient (Wildman–Crippen LogP) is 4.03. The lowest BCUT2D eigenvalue weighted by Gasteiger charge is -2.13.